The van der Waals surface area contributed by atoms with Crippen LogP contribution in [-0.2, 0) is 6.42 Å². The largest absolute Gasteiger partial charge is 0.209 e. The topological polar surface area (TPSA) is 0 Å². The second-order valence-corrected chi connectivity index (χ2v) is 6.91. The lowest BCUT2D eigenvalue weighted by Gasteiger charge is -2.06. The molecule has 0 unspecified atom stereocenters. The predicted octanol–water partition coefficient (Wildman–Crippen LogP) is 8.27. The highest BCUT2D eigenvalue weighted by Gasteiger charge is 2.09. The molecule has 2 aromatic rings. The van der Waals surface area contributed by atoms with E-state index in [9.17, 15) is 8.78 Å². The maximum absolute atomic E-state index is 14.2. The van der Waals surface area contributed by atoms with E-state index in [1.807, 2.05) is 12.1 Å². The molecule has 0 spiro atoms. The van der Waals surface area contributed by atoms with E-state index < -0.39 is 11.7 Å². The first-order valence-electron chi connectivity index (χ1n) is 9.89. The fourth-order valence-electron chi connectivity index (χ4n) is 3.05. The van der Waals surface area contributed by atoms with Gasteiger partial charge in [-0.25, -0.2) is 8.78 Å². The molecule has 0 atom stereocenters. The first-order valence-corrected chi connectivity index (χ1v) is 9.89. The van der Waals surface area contributed by atoms with Gasteiger partial charge in [0, 0.05) is 12.0 Å². The molecule has 2 heteroatoms. The van der Waals surface area contributed by atoms with Crippen molar-refractivity contribution in [3.8, 4) is 11.1 Å². The summed E-state index contributed by atoms with van der Waals surface area (Å²) in [5, 5.41) is 0. The first kappa shape index (κ1) is 20.4. The van der Waals surface area contributed by atoms with Gasteiger partial charge in [-0.05, 0) is 36.0 Å². The molecule has 0 bridgehead atoms. The summed E-state index contributed by atoms with van der Waals surface area (Å²) in [5.74, 6) is -1.36. The Balaban J connectivity index is 2.03. The lowest BCUT2D eigenvalue weighted by molar-refractivity contribution is 0.541. The molecule has 0 aromatic heterocycles. The van der Waals surface area contributed by atoms with E-state index in [0.29, 0.717) is 12.0 Å². The van der Waals surface area contributed by atoms with E-state index >= 15 is 0 Å². The summed E-state index contributed by atoms with van der Waals surface area (Å²) in [4.78, 5) is 0. The average molecular weight is 357 g/mol. The van der Waals surface area contributed by atoms with Gasteiger partial charge in [0.25, 0.3) is 0 Å². The van der Waals surface area contributed by atoms with Crippen molar-refractivity contribution in [2.45, 2.75) is 65.2 Å². The smallest absolute Gasteiger partial charge is 0.161 e. The SMILES string of the molecule is CCCCC/C(F)=C(\F)c1ccc(-c2ccc(CCCCC)cc2)cc1. The first-order chi connectivity index (χ1) is 12.7. The lowest BCUT2D eigenvalue weighted by atomic mass is 10.00. The summed E-state index contributed by atoms with van der Waals surface area (Å²) in [7, 11) is 0. The van der Waals surface area contributed by atoms with Crippen LogP contribution in [0.4, 0.5) is 8.78 Å². The number of halogens is 2. The molecule has 0 aliphatic carbocycles. The zero-order chi connectivity index (χ0) is 18.8. The van der Waals surface area contributed by atoms with Crippen LogP contribution < -0.4 is 0 Å². The number of aryl methyl sites for hydroxylation is 1. The Morgan fingerprint density at radius 1 is 0.692 bits per heavy atom. The van der Waals surface area contributed by atoms with Gasteiger partial charge in [-0.3, -0.25) is 0 Å². The molecule has 0 amide bonds. The van der Waals surface area contributed by atoms with Crippen LogP contribution in [0.2, 0.25) is 0 Å². The fraction of sp³-hybridized carbons (Fsp3) is 0.417. The molecular formula is C24H30F2. The Kier molecular flexibility index (Phi) is 8.53. The van der Waals surface area contributed by atoms with Gasteiger partial charge in [-0.2, -0.15) is 0 Å². The van der Waals surface area contributed by atoms with Gasteiger partial charge in [-0.1, -0.05) is 88.1 Å². The quantitative estimate of drug-likeness (QED) is 0.376. The zero-order valence-corrected chi connectivity index (χ0v) is 16.0. The molecule has 0 nitrogen and oxygen atoms in total. The van der Waals surface area contributed by atoms with Crippen molar-refractivity contribution < 1.29 is 8.78 Å². The molecule has 140 valence electrons. The number of rotatable bonds is 10. The van der Waals surface area contributed by atoms with Crippen LogP contribution in [0.3, 0.4) is 0 Å². The van der Waals surface area contributed by atoms with Gasteiger partial charge in [0.05, 0.1) is 0 Å². The van der Waals surface area contributed by atoms with Gasteiger partial charge < -0.3 is 0 Å². The summed E-state index contributed by atoms with van der Waals surface area (Å²) >= 11 is 0. The Morgan fingerprint density at radius 3 is 1.81 bits per heavy atom. The van der Waals surface area contributed by atoms with Crippen molar-refractivity contribution >= 4 is 5.83 Å². The molecule has 0 N–H and O–H groups in total. The highest BCUT2D eigenvalue weighted by molar-refractivity contribution is 5.68. The van der Waals surface area contributed by atoms with E-state index in [0.717, 1.165) is 30.4 Å². The molecule has 0 saturated heterocycles. The van der Waals surface area contributed by atoms with Crippen molar-refractivity contribution in [3.05, 3.63) is 65.5 Å². The van der Waals surface area contributed by atoms with Gasteiger partial charge in [-0.15, -0.1) is 0 Å². The molecule has 2 aromatic carbocycles. The van der Waals surface area contributed by atoms with Crippen molar-refractivity contribution in [2.24, 2.45) is 0 Å². The molecule has 0 saturated carbocycles. The van der Waals surface area contributed by atoms with Crippen molar-refractivity contribution in [1.82, 2.24) is 0 Å². The van der Waals surface area contributed by atoms with Crippen LogP contribution in [-0.4, -0.2) is 0 Å². The Labute approximate surface area is 157 Å². The third kappa shape index (κ3) is 6.09. The highest BCUT2D eigenvalue weighted by Crippen LogP contribution is 2.28. The van der Waals surface area contributed by atoms with Crippen molar-refractivity contribution in [1.29, 1.82) is 0 Å². The second kappa shape index (κ2) is 10.9. The van der Waals surface area contributed by atoms with Gasteiger partial charge in [0.1, 0.15) is 5.83 Å². The third-order valence-electron chi connectivity index (χ3n) is 4.73. The molecule has 0 radical (unpaired) electrons. The summed E-state index contributed by atoms with van der Waals surface area (Å²) in [6.07, 6.45) is 7.63. The zero-order valence-electron chi connectivity index (χ0n) is 16.0. The molecule has 2 rings (SSSR count). The normalized spacial score (nSPS) is 12.2. The Bertz CT molecular complexity index is 681. The summed E-state index contributed by atoms with van der Waals surface area (Å²) < 4.78 is 28.1. The maximum atomic E-state index is 14.2. The highest BCUT2D eigenvalue weighted by atomic mass is 19.2. The Morgan fingerprint density at radius 2 is 1.23 bits per heavy atom. The third-order valence-corrected chi connectivity index (χ3v) is 4.73. The number of allylic oxidation sites excluding steroid dienone is 1. The van der Waals surface area contributed by atoms with E-state index in [2.05, 4.69) is 38.1 Å². The van der Waals surface area contributed by atoms with Gasteiger partial charge >= 0.3 is 0 Å². The molecule has 0 aliphatic rings. The van der Waals surface area contributed by atoms with E-state index in [1.54, 1.807) is 12.1 Å². The van der Waals surface area contributed by atoms with Crippen LogP contribution in [0.1, 0.15) is 69.9 Å². The number of unbranched alkanes of at least 4 members (excludes halogenated alkanes) is 4. The van der Waals surface area contributed by atoms with Crippen LogP contribution >= 0.6 is 0 Å². The van der Waals surface area contributed by atoms with Crippen LogP contribution in [0.5, 0.6) is 0 Å². The molecule has 0 aliphatic heterocycles. The van der Waals surface area contributed by atoms with Gasteiger partial charge in [0.2, 0.25) is 0 Å². The Hall–Kier alpha value is -1.96. The molecule has 0 fully saturated rings. The number of hydrogen-bond acceptors (Lipinski definition) is 0. The van der Waals surface area contributed by atoms with Crippen molar-refractivity contribution in [2.75, 3.05) is 0 Å². The minimum absolute atomic E-state index is 0.181. The summed E-state index contributed by atoms with van der Waals surface area (Å²) in [6.45, 7) is 4.26. The van der Waals surface area contributed by atoms with Crippen LogP contribution in [0.15, 0.2) is 54.4 Å². The molecule has 0 heterocycles. The minimum atomic E-state index is -0.723. The van der Waals surface area contributed by atoms with Gasteiger partial charge in [0.15, 0.2) is 5.83 Å². The number of hydrogen-bond donors (Lipinski definition) is 0. The summed E-state index contributed by atoms with van der Waals surface area (Å²) in [6, 6.07) is 15.6. The summed E-state index contributed by atoms with van der Waals surface area (Å²) in [5.41, 5.74) is 3.79. The van der Waals surface area contributed by atoms with Crippen LogP contribution in [0.25, 0.3) is 17.0 Å². The van der Waals surface area contributed by atoms with Crippen LogP contribution in [0, 0.1) is 0 Å². The second-order valence-electron chi connectivity index (χ2n) is 6.91. The van der Waals surface area contributed by atoms with Crippen molar-refractivity contribution in [3.63, 3.8) is 0 Å². The predicted molar refractivity (Wildman–Crippen MR) is 108 cm³/mol. The fourth-order valence-corrected chi connectivity index (χ4v) is 3.05. The average Bonchev–Trinajstić information content (AvgIpc) is 2.68. The standard InChI is InChI=1S/C24H30F2/c1-3-5-7-9-19-11-13-20(14-12-19)21-15-17-22(18-16-21)24(26)23(25)10-8-6-4-2/h11-18H,3-10H2,1-2H3/b24-23+. The lowest BCUT2D eigenvalue weighted by Crippen LogP contribution is -1.87. The monoisotopic (exact) mass is 356 g/mol. The molecular weight excluding hydrogens is 326 g/mol. The van der Waals surface area contributed by atoms with E-state index in [1.165, 1.54) is 24.8 Å². The van der Waals surface area contributed by atoms with E-state index in [4.69, 9.17) is 0 Å². The number of benzene rings is 2. The van der Waals surface area contributed by atoms with E-state index in [-0.39, 0.29) is 6.42 Å². The maximum Gasteiger partial charge on any atom is 0.161 e. The molecule has 26 heavy (non-hydrogen) atoms. The minimum Gasteiger partial charge on any atom is -0.209 e.